The minimum Gasteiger partial charge on any atom is -0.391 e. The predicted octanol–water partition coefficient (Wildman–Crippen LogP) is 1.88. The molecule has 1 aromatic heterocycles. The van der Waals surface area contributed by atoms with E-state index in [1.54, 1.807) is 12.1 Å². The van der Waals surface area contributed by atoms with E-state index in [1.807, 2.05) is 0 Å². The van der Waals surface area contributed by atoms with E-state index in [4.69, 9.17) is 11.6 Å². The van der Waals surface area contributed by atoms with E-state index in [0.29, 0.717) is 26.8 Å². The van der Waals surface area contributed by atoms with Gasteiger partial charge in [0, 0.05) is 16.9 Å². The summed E-state index contributed by atoms with van der Waals surface area (Å²) in [5.41, 5.74) is 0.198. The summed E-state index contributed by atoms with van der Waals surface area (Å²) < 4.78 is 1.90. The van der Waals surface area contributed by atoms with Crippen molar-refractivity contribution in [1.82, 2.24) is 14.9 Å². The highest BCUT2D eigenvalue weighted by molar-refractivity contribution is 9.10. The molecule has 2 unspecified atom stereocenters. The molecule has 6 nitrogen and oxygen atoms in total. The van der Waals surface area contributed by atoms with Crippen LogP contribution in [0.1, 0.15) is 19.3 Å². The summed E-state index contributed by atoms with van der Waals surface area (Å²) in [7, 11) is 0. The summed E-state index contributed by atoms with van der Waals surface area (Å²) in [4.78, 5) is 29.0. The van der Waals surface area contributed by atoms with Gasteiger partial charge in [-0.3, -0.25) is 14.2 Å². The van der Waals surface area contributed by atoms with Crippen molar-refractivity contribution in [3.05, 3.63) is 38.3 Å². The van der Waals surface area contributed by atoms with E-state index in [1.165, 1.54) is 10.9 Å². The first-order valence-electron chi connectivity index (χ1n) is 7.73. The number of ketones is 1. The Morgan fingerprint density at radius 3 is 3.04 bits per heavy atom. The van der Waals surface area contributed by atoms with Gasteiger partial charge in [-0.1, -0.05) is 11.6 Å². The third kappa shape index (κ3) is 3.69. The first-order valence-corrected chi connectivity index (χ1v) is 8.90. The van der Waals surface area contributed by atoms with Crippen LogP contribution in [0.25, 0.3) is 10.9 Å². The molecule has 1 aliphatic heterocycles. The molecular formula is C16H17BrClN3O3. The fourth-order valence-electron chi connectivity index (χ4n) is 2.91. The van der Waals surface area contributed by atoms with E-state index >= 15 is 0 Å². The molecule has 128 valence electrons. The summed E-state index contributed by atoms with van der Waals surface area (Å²) in [5.74, 6) is -0.121. The van der Waals surface area contributed by atoms with E-state index in [-0.39, 0.29) is 30.3 Å². The second-order valence-corrected chi connectivity index (χ2v) is 7.24. The molecule has 0 aliphatic carbocycles. The number of hydrogen-bond donors (Lipinski definition) is 2. The molecule has 1 saturated heterocycles. The average molecular weight is 415 g/mol. The maximum absolute atomic E-state index is 12.5. The molecule has 8 heteroatoms. The summed E-state index contributed by atoms with van der Waals surface area (Å²) in [5, 5.41) is 13.9. The minimum absolute atomic E-state index is 0.0626. The normalized spacial score (nSPS) is 21.1. The smallest absolute Gasteiger partial charge is 0.261 e. The topological polar surface area (TPSA) is 84.2 Å². The third-order valence-electron chi connectivity index (χ3n) is 4.21. The highest BCUT2D eigenvalue weighted by Crippen LogP contribution is 2.25. The van der Waals surface area contributed by atoms with Crippen LogP contribution >= 0.6 is 27.5 Å². The maximum Gasteiger partial charge on any atom is 0.261 e. The SMILES string of the molecule is O=C(CC1NCCCC1O)Cn1cnc2cc(Cl)c(Br)cc2c1=O. The highest BCUT2D eigenvalue weighted by Gasteiger charge is 2.25. The largest absolute Gasteiger partial charge is 0.391 e. The molecule has 1 aliphatic rings. The van der Waals surface area contributed by atoms with Gasteiger partial charge in [-0.25, -0.2) is 4.98 Å². The number of rotatable bonds is 4. The van der Waals surface area contributed by atoms with Crippen LogP contribution in [0.5, 0.6) is 0 Å². The van der Waals surface area contributed by atoms with Crippen LogP contribution in [-0.4, -0.2) is 39.1 Å². The van der Waals surface area contributed by atoms with Crippen LogP contribution in [0.3, 0.4) is 0 Å². The van der Waals surface area contributed by atoms with Crippen molar-refractivity contribution in [1.29, 1.82) is 0 Å². The van der Waals surface area contributed by atoms with Gasteiger partial charge >= 0.3 is 0 Å². The zero-order valence-electron chi connectivity index (χ0n) is 12.8. The Balaban J connectivity index is 1.79. The van der Waals surface area contributed by atoms with Crippen molar-refractivity contribution in [2.24, 2.45) is 0 Å². The number of aliphatic hydroxyl groups excluding tert-OH is 1. The Hall–Kier alpha value is -1.28. The number of aromatic nitrogens is 2. The van der Waals surface area contributed by atoms with Gasteiger partial charge in [-0.2, -0.15) is 0 Å². The monoisotopic (exact) mass is 413 g/mol. The van der Waals surface area contributed by atoms with Crippen LogP contribution in [0, 0.1) is 0 Å². The van der Waals surface area contributed by atoms with Gasteiger partial charge in [0.1, 0.15) is 0 Å². The second-order valence-electron chi connectivity index (χ2n) is 5.97. The molecule has 1 fully saturated rings. The highest BCUT2D eigenvalue weighted by atomic mass is 79.9. The van der Waals surface area contributed by atoms with Crippen LogP contribution in [-0.2, 0) is 11.3 Å². The van der Waals surface area contributed by atoms with Crippen LogP contribution < -0.4 is 10.9 Å². The minimum atomic E-state index is -0.521. The number of nitrogens with zero attached hydrogens (tertiary/aromatic N) is 2. The number of nitrogens with one attached hydrogen (secondary N) is 1. The average Bonchev–Trinajstić information content (AvgIpc) is 2.54. The van der Waals surface area contributed by atoms with Crippen molar-refractivity contribution >= 4 is 44.2 Å². The molecule has 0 saturated carbocycles. The molecule has 2 heterocycles. The van der Waals surface area contributed by atoms with Gasteiger partial charge in [-0.05, 0) is 47.4 Å². The first-order chi connectivity index (χ1) is 11.5. The zero-order valence-corrected chi connectivity index (χ0v) is 15.2. The number of carbonyl (C=O) groups excluding carboxylic acids is 1. The molecule has 2 N–H and O–H groups in total. The van der Waals surface area contributed by atoms with Gasteiger partial charge in [0.2, 0.25) is 0 Å². The van der Waals surface area contributed by atoms with Crippen LogP contribution in [0.2, 0.25) is 5.02 Å². The molecule has 0 spiro atoms. The number of carbonyl (C=O) groups is 1. The van der Waals surface area contributed by atoms with Crippen LogP contribution in [0.4, 0.5) is 0 Å². The fourth-order valence-corrected chi connectivity index (χ4v) is 3.41. The van der Waals surface area contributed by atoms with Gasteiger partial charge in [-0.15, -0.1) is 0 Å². The number of fused-ring (bicyclic) bond motifs is 1. The lowest BCUT2D eigenvalue weighted by molar-refractivity contribution is -0.121. The fraction of sp³-hybridized carbons (Fsp3) is 0.438. The Bertz CT molecular complexity index is 839. The lowest BCUT2D eigenvalue weighted by Crippen LogP contribution is -2.46. The zero-order chi connectivity index (χ0) is 17.3. The van der Waals surface area contributed by atoms with Gasteiger partial charge in [0.05, 0.1) is 34.9 Å². The summed E-state index contributed by atoms with van der Waals surface area (Å²) in [6, 6.07) is 2.97. The molecule has 2 aromatic rings. The summed E-state index contributed by atoms with van der Waals surface area (Å²) in [6.07, 6.45) is 2.62. The Kier molecular flexibility index (Phi) is 5.34. The molecule has 24 heavy (non-hydrogen) atoms. The Labute approximate surface area is 152 Å². The Morgan fingerprint density at radius 1 is 1.50 bits per heavy atom. The molecule has 0 bridgehead atoms. The van der Waals surface area contributed by atoms with Crippen molar-refractivity contribution in [3.8, 4) is 0 Å². The first kappa shape index (κ1) is 17.5. The molecule has 0 radical (unpaired) electrons. The number of benzene rings is 1. The maximum atomic E-state index is 12.5. The quantitative estimate of drug-likeness (QED) is 0.798. The standard InChI is InChI=1S/C16H17BrClN3O3/c17-11-5-10-13(6-12(11)18)20-8-21(16(10)24)7-9(22)4-14-15(23)2-1-3-19-14/h5-6,8,14-15,19,23H,1-4,7H2. The third-order valence-corrected chi connectivity index (χ3v) is 5.41. The molecule has 1 aromatic carbocycles. The molecular weight excluding hydrogens is 398 g/mol. The molecule has 2 atom stereocenters. The van der Waals surface area contributed by atoms with Crippen molar-refractivity contribution < 1.29 is 9.90 Å². The van der Waals surface area contributed by atoms with Crippen LogP contribution in [0.15, 0.2) is 27.7 Å². The summed E-state index contributed by atoms with van der Waals surface area (Å²) >= 11 is 9.29. The number of halogens is 2. The van der Waals surface area contributed by atoms with E-state index < -0.39 is 6.10 Å². The number of piperidine rings is 1. The summed E-state index contributed by atoms with van der Waals surface area (Å²) in [6.45, 7) is 0.730. The van der Waals surface area contributed by atoms with Crippen molar-refractivity contribution in [3.63, 3.8) is 0 Å². The van der Waals surface area contributed by atoms with E-state index in [9.17, 15) is 14.7 Å². The van der Waals surface area contributed by atoms with E-state index in [0.717, 1.165) is 13.0 Å². The van der Waals surface area contributed by atoms with Crippen molar-refractivity contribution in [2.45, 2.75) is 38.0 Å². The van der Waals surface area contributed by atoms with Crippen molar-refractivity contribution in [2.75, 3.05) is 6.54 Å². The number of hydrogen-bond acceptors (Lipinski definition) is 5. The van der Waals surface area contributed by atoms with Gasteiger partial charge in [0.15, 0.2) is 5.78 Å². The van der Waals surface area contributed by atoms with Gasteiger partial charge in [0.25, 0.3) is 5.56 Å². The van der Waals surface area contributed by atoms with E-state index in [2.05, 4.69) is 26.2 Å². The lowest BCUT2D eigenvalue weighted by atomic mass is 9.97. The molecule has 3 rings (SSSR count). The molecule has 0 amide bonds. The lowest BCUT2D eigenvalue weighted by Gasteiger charge is -2.28. The predicted molar refractivity (Wildman–Crippen MR) is 95.4 cm³/mol. The van der Waals surface area contributed by atoms with Gasteiger partial charge < -0.3 is 10.4 Å². The Morgan fingerprint density at radius 2 is 2.29 bits per heavy atom. The number of Topliss-reactive ketones (excluding diaryl/α,β-unsaturated/α-hetero) is 1. The number of aliphatic hydroxyl groups is 1. The second kappa shape index (κ2) is 7.31.